The average molecular weight is 430 g/mol. The largest absolute Gasteiger partial charge is 0.347 e. The zero-order chi connectivity index (χ0) is 22.6. The minimum Gasteiger partial charge on any atom is -0.347 e. The molecule has 1 atom stereocenters. The molecule has 31 heavy (non-hydrogen) atoms. The van der Waals surface area contributed by atoms with Gasteiger partial charge in [0.15, 0.2) is 0 Å². The fourth-order valence-corrected chi connectivity index (χ4v) is 5.39. The Balaban J connectivity index is 0.00000363. The van der Waals surface area contributed by atoms with E-state index in [0.29, 0.717) is 12.0 Å². The quantitative estimate of drug-likeness (QED) is 0.723. The molecule has 1 fully saturated rings. The van der Waals surface area contributed by atoms with Crippen LogP contribution in [0.15, 0.2) is 24.3 Å². The van der Waals surface area contributed by atoms with Gasteiger partial charge in [-0.2, -0.15) is 0 Å². The molecule has 1 aromatic carbocycles. The van der Waals surface area contributed by atoms with Crippen LogP contribution in [0, 0.1) is 5.41 Å². The molecule has 0 saturated carbocycles. The van der Waals surface area contributed by atoms with Crippen LogP contribution >= 0.6 is 0 Å². The number of benzene rings is 1. The lowest BCUT2D eigenvalue weighted by Crippen LogP contribution is -2.48. The molecule has 1 spiro atoms. The Hall–Kier alpha value is -1.88. The number of hydrogen-bond donors (Lipinski definition) is 1. The molecule has 174 valence electrons. The van der Waals surface area contributed by atoms with Gasteiger partial charge < -0.3 is 15.1 Å². The number of likely N-dealkylation sites (N-methyl/N-ethyl adjacent to an activating group) is 1. The fourth-order valence-electron chi connectivity index (χ4n) is 5.39. The minimum atomic E-state index is -0.161. The van der Waals surface area contributed by atoms with Crippen molar-refractivity contribution in [2.75, 3.05) is 32.7 Å². The molecule has 2 amide bonds. The maximum atomic E-state index is 12.9. The lowest BCUT2D eigenvalue weighted by Gasteiger charge is -2.49. The van der Waals surface area contributed by atoms with Crippen LogP contribution in [0.1, 0.15) is 85.3 Å². The molecule has 1 heterocycles. The Labute approximate surface area is 190 Å². The highest BCUT2D eigenvalue weighted by atomic mass is 16.2. The number of fused-ring (bicyclic) bond motifs is 2. The Kier molecular flexibility index (Phi) is 7.46. The predicted molar refractivity (Wildman–Crippen MR) is 128 cm³/mol. The van der Waals surface area contributed by atoms with E-state index in [0.717, 1.165) is 25.9 Å². The van der Waals surface area contributed by atoms with Crippen molar-refractivity contribution in [1.29, 1.82) is 0 Å². The number of rotatable bonds is 6. The molecule has 5 heteroatoms. The number of nitrogens with one attached hydrogen (secondary N) is 1. The van der Waals surface area contributed by atoms with E-state index in [2.05, 4.69) is 55.3 Å². The summed E-state index contributed by atoms with van der Waals surface area (Å²) in [5.74, 6) is -0.156. The van der Waals surface area contributed by atoms with E-state index in [9.17, 15) is 9.59 Å². The van der Waals surface area contributed by atoms with E-state index in [1.165, 1.54) is 43.9 Å². The van der Waals surface area contributed by atoms with Crippen LogP contribution in [0.4, 0.5) is 0 Å². The van der Waals surface area contributed by atoms with Crippen LogP contribution in [-0.2, 0) is 15.0 Å². The summed E-state index contributed by atoms with van der Waals surface area (Å²) in [5.41, 5.74) is 3.39. The van der Waals surface area contributed by atoms with Crippen LogP contribution in [0.2, 0.25) is 0 Å². The molecule has 1 aromatic rings. The van der Waals surface area contributed by atoms with Crippen LogP contribution < -0.4 is 5.32 Å². The second-order valence-electron chi connectivity index (χ2n) is 10.7. The van der Waals surface area contributed by atoms with Gasteiger partial charge in [0.25, 0.3) is 0 Å². The zero-order valence-electron chi connectivity index (χ0n) is 20.2. The average Bonchev–Trinajstić information content (AvgIpc) is 2.73. The zero-order valence-corrected chi connectivity index (χ0v) is 20.2. The summed E-state index contributed by atoms with van der Waals surface area (Å²) in [6.45, 7) is 14.7. The highest BCUT2D eigenvalue weighted by molar-refractivity contribution is 5.84. The summed E-state index contributed by atoms with van der Waals surface area (Å²) in [5, 5.41) is 2.67. The first kappa shape index (κ1) is 23.8. The summed E-state index contributed by atoms with van der Waals surface area (Å²) < 4.78 is 0. The van der Waals surface area contributed by atoms with E-state index in [-0.39, 0.29) is 31.2 Å². The number of likely N-dealkylation sites (tertiary alicyclic amines) is 1. The van der Waals surface area contributed by atoms with Crippen molar-refractivity contribution in [3.63, 3.8) is 0 Å². The van der Waals surface area contributed by atoms with Crippen molar-refractivity contribution >= 4 is 11.8 Å². The van der Waals surface area contributed by atoms with E-state index in [1.54, 1.807) is 0 Å². The van der Waals surface area contributed by atoms with Gasteiger partial charge in [0.1, 0.15) is 0 Å². The highest BCUT2D eigenvalue weighted by Crippen LogP contribution is 2.49. The number of amides is 2. The van der Waals surface area contributed by atoms with Gasteiger partial charge in [-0.15, -0.1) is 0 Å². The smallest absolute Gasteiger partial charge is 0.242 e. The van der Waals surface area contributed by atoms with Gasteiger partial charge in [0, 0.05) is 14.9 Å². The summed E-state index contributed by atoms with van der Waals surface area (Å²) >= 11 is 0. The Morgan fingerprint density at radius 1 is 1.19 bits per heavy atom. The van der Waals surface area contributed by atoms with Gasteiger partial charge in [-0.25, -0.2) is 0 Å². The maximum Gasteiger partial charge on any atom is 0.242 e. The maximum absolute atomic E-state index is 12.9. The van der Waals surface area contributed by atoms with Crippen molar-refractivity contribution < 1.29 is 11.0 Å². The fraction of sp³-hybridized carbons (Fsp3) is 0.692. The predicted octanol–water partition coefficient (Wildman–Crippen LogP) is 4.52. The summed E-state index contributed by atoms with van der Waals surface area (Å²) in [4.78, 5) is 28.7. The Morgan fingerprint density at radius 2 is 1.87 bits per heavy atom. The van der Waals surface area contributed by atoms with E-state index < -0.39 is 0 Å². The topological polar surface area (TPSA) is 52.7 Å². The van der Waals surface area contributed by atoms with Crippen LogP contribution in [0.5, 0.6) is 0 Å². The number of carbonyl (C=O) groups is 2. The number of hydrogen-bond acceptors (Lipinski definition) is 3. The Morgan fingerprint density at radius 3 is 2.48 bits per heavy atom. The molecule has 0 bridgehead atoms. The monoisotopic (exact) mass is 429 g/mol. The van der Waals surface area contributed by atoms with E-state index >= 15 is 0 Å². The van der Waals surface area contributed by atoms with Crippen LogP contribution in [0.25, 0.3) is 0 Å². The SMILES string of the molecule is CCN(C(=O)CNC(C)=O)[C@H]1CCC2(CCN(CCC(C)(C)C)CC2)c2ccccc21.[HH]. The standard InChI is InChI=1S/C26H41N3O2.H2/c1-6-29(24(31)19-27-20(2)30)23-11-12-26(22-10-8-7-9-21(22)23)14-17-28(18-15-26)16-13-25(3,4)5;/h7-10,23H,6,11-19H2,1-5H3,(H,27,30);1H/t23-;/m0./s1. The second-order valence-corrected chi connectivity index (χ2v) is 10.7. The second kappa shape index (κ2) is 9.72. The molecular weight excluding hydrogens is 386 g/mol. The minimum absolute atomic E-state index is 0. The van der Waals surface area contributed by atoms with Gasteiger partial charge in [0.05, 0.1) is 12.6 Å². The van der Waals surface area contributed by atoms with Crippen molar-refractivity contribution in [1.82, 2.24) is 15.1 Å². The lowest BCUT2D eigenvalue weighted by atomic mass is 9.63. The molecule has 1 aliphatic carbocycles. The van der Waals surface area contributed by atoms with Crippen LogP contribution in [-0.4, -0.2) is 54.3 Å². The van der Waals surface area contributed by atoms with E-state index in [4.69, 9.17) is 0 Å². The van der Waals surface area contributed by atoms with Crippen molar-refractivity contribution in [3.8, 4) is 0 Å². The van der Waals surface area contributed by atoms with Gasteiger partial charge in [-0.1, -0.05) is 45.0 Å². The van der Waals surface area contributed by atoms with Gasteiger partial charge >= 0.3 is 0 Å². The van der Waals surface area contributed by atoms with E-state index in [1.807, 2.05) is 11.8 Å². The summed E-state index contributed by atoms with van der Waals surface area (Å²) in [6, 6.07) is 8.89. The van der Waals surface area contributed by atoms with Crippen LogP contribution in [0.3, 0.4) is 0 Å². The molecule has 0 unspecified atom stereocenters. The number of nitrogens with zero attached hydrogens (tertiary/aromatic N) is 2. The first-order chi connectivity index (χ1) is 14.6. The molecule has 5 nitrogen and oxygen atoms in total. The molecular formula is C26H43N3O2. The molecule has 3 rings (SSSR count). The van der Waals surface area contributed by atoms with Gasteiger partial charge in [-0.3, -0.25) is 9.59 Å². The molecule has 1 N–H and O–H groups in total. The first-order valence-corrected chi connectivity index (χ1v) is 12.0. The third-order valence-corrected chi connectivity index (χ3v) is 7.30. The van der Waals surface area contributed by atoms with Gasteiger partial charge in [0.2, 0.25) is 11.8 Å². The normalized spacial score (nSPS) is 20.9. The van der Waals surface area contributed by atoms with Crippen molar-refractivity contribution in [3.05, 3.63) is 35.4 Å². The third kappa shape index (κ3) is 5.68. The molecule has 1 saturated heterocycles. The lowest BCUT2D eigenvalue weighted by molar-refractivity contribution is -0.135. The molecule has 0 aromatic heterocycles. The Bertz CT molecular complexity index is 782. The number of piperidine rings is 1. The number of carbonyl (C=O) groups excluding carboxylic acids is 2. The highest BCUT2D eigenvalue weighted by Gasteiger charge is 2.43. The van der Waals surface area contributed by atoms with Crippen molar-refractivity contribution in [2.24, 2.45) is 5.41 Å². The third-order valence-electron chi connectivity index (χ3n) is 7.30. The molecule has 1 aliphatic heterocycles. The van der Waals surface area contributed by atoms with Crippen molar-refractivity contribution in [2.45, 2.75) is 78.2 Å². The van der Waals surface area contributed by atoms with Gasteiger partial charge in [-0.05, 0) is 80.6 Å². The summed E-state index contributed by atoms with van der Waals surface area (Å²) in [7, 11) is 0. The first-order valence-electron chi connectivity index (χ1n) is 12.0. The molecule has 0 radical (unpaired) electrons. The summed E-state index contributed by atoms with van der Waals surface area (Å²) in [6.07, 6.45) is 5.77. The molecule has 2 aliphatic rings.